The summed E-state index contributed by atoms with van der Waals surface area (Å²) in [6.07, 6.45) is 2.14. The standard InChI is InChI=1S/C17H18N2O3/c1-2-12-9-10-15(22-12)17(21)18-13-6-3-4-7-14(13)19-11-5-8-16(19)20/h3-4,6-7,9-10H,2,5,8,11H2,1H3,(H,18,21). The van der Waals surface area contributed by atoms with Crippen LogP contribution in [-0.4, -0.2) is 18.4 Å². The zero-order chi connectivity index (χ0) is 15.5. The van der Waals surface area contributed by atoms with Crippen molar-refractivity contribution in [3.8, 4) is 0 Å². The van der Waals surface area contributed by atoms with E-state index >= 15 is 0 Å². The highest BCUT2D eigenvalue weighted by Crippen LogP contribution is 2.29. The monoisotopic (exact) mass is 298 g/mol. The minimum Gasteiger partial charge on any atom is -0.456 e. The second-order valence-corrected chi connectivity index (χ2v) is 5.24. The van der Waals surface area contributed by atoms with Crippen molar-refractivity contribution in [2.45, 2.75) is 26.2 Å². The average Bonchev–Trinajstić information content (AvgIpc) is 3.16. The Balaban J connectivity index is 1.83. The lowest BCUT2D eigenvalue weighted by Gasteiger charge is -2.19. The van der Waals surface area contributed by atoms with Gasteiger partial charge in [-0.2, -0.15) is 0 Å². The number of aryl methyl sites for hydroxylation is 1. The first-order valence-corrected chi connectivity index (χ1v) is 7.48. The lowest BCUT2D eigenvalue weighted by molar-refractivity contribution is -0.117. The van der Waals surface area contributed by atoms with Gasteiger partial charge >= 0.3 is 0 Å². The van der Waals surface area contributed by atoms with Crippen LogP contribution in [0.3, 0.4) is 0 Å². The van der Waals surface area contributed by atoms with Crippen molar-refractivity contribution >= 4 is 23.2 Å². The van der Waals surface area contributed by atoms with Gasteiger partial charge in [-0.05, 0) is 30.7 Å². The van der Waals surface area contributed by atoms with E-state index < -0.39 is 0 Å². The van der Waals surface area contributed by atoms with Crippen LogP contribution in [0.15, 0.2) is 40.8 Å². The number of carbonyl (C=O) groups excluding carboxylic acids is 2. The molecule has 2 aromatic rings. The van der Waals surface area contributed by atoms with Gasteiger partial charge in [-0.15, -0.1) is 0 Å². The number of hydrogen-bond acceptors (Lipinski definition) is 3. The summed E-state index contributed by atoms with van der Waals surface area (Å²) >= 11 is 0. The van der Waals surface area contributed by atoms with Crippen LogP contribution in [-0.2, 0) is 11.2 Å². The van der Waals surface area contributed by atoms with Crippen LogP contribution < -0.4 is 10.2 Å². The third-order valence-electron chi connectivity index (χ3n) is 3.75. The number of nitrogens with zero attached hydrogens (tertiary/aromatic N) is 1. The van der Waals surface area contributed by atoms with Crippen LogP contribution in [0, 0.1) is 0 Å². The molecule has 1 N–H and O–H groups in total. The lowest BCUT2D eigenvalue weighted by Crippen LogP contribution is -2.25. The van der Waals surface area contributed by atoms with Crippen molar-refractivity contribution in [3.63, 3.8) is 0 Å². The van der Waals surface area contributed by atoms with E-state index in [9.17, 15) is 9.59 Å². The first-order valence-electron chi connectivity index (χ1n) is 7.48. The summed E-state index contributed by atoms with van der Waals surface area (Å²) in [6, 6.07) is 10.8. The normalized spacial score (nSPS) is 14.4. The molecule has 0 radical (unpaired) electrons. The molecule has 2 amide bonds. The number of amides is 2. The van der Waals surface area contributed by atoms with E-state index in [2.05, 4.69) is 5.32 Å². The minimum absolute atomic E-state index is 0.0907. The quantitative estimate of drug-likeness (QED) is 0.942. The fourth-order valence-electron chi connectivity index (χ4n) is 2.59. The van der Waals surface area contributed by atoms with Crippen LogP contribution in [0.2, 0.25) is 0 Å². The van der Waals surface area contributed by atoms with E-state index in [0.717, 1.165) is 24.3 Å². The Bertz CT molecular complexity index is 705. The Hall–Kier alpha value is -2.56. The molecule has 1 saturated heterocycles. The van der Waals surface area contributed by atoms with Gasteiger partial charge in [-0.25, -0.2) is 0 Å². The second kappa shape index (κ2) is 6.05. The van der Waals surface area contributed by atoms with Crippen molar-refractivity contribution in [2.24, 2.45) is 0 Å². The summed E-state index contributed by atoms with van der Waals surface area (Å²) in [6.45, 7) is 2.65. The summed E-state index contributed by atoms with van der Waals surface area (Å²) in [5, 5.41) is 2.84. The maximum absolute atomic E-state index is 12.3. The average molecular weight is 298 g/mol. The summed E-state index contributed by atoms with van der Waals surface area (Å²) < 4.78 is 5.46. The van der Waals surface area contributed by atoms with Gasteiger partial charge in [0.25, 0.3) is 5.91 Å². The van der Waals surface area contributed by atoms with Gasteiger partial charge in [-0.3, -0.25) is 9.59 Å². The van der Waals surface area contributed by atoms with Gasteiger partial charge in [0.05, 0.1) is 11.4 Å². The Morgan fingerprint density at radius 3 is 2.77 bits per heavy atom. The highest BCUT2D eigenvalue weighted by Gasteiger charge is 2.24. The molecule has 1 fully saturated rings. The van der Waals surface area contributed by atoms with E-state index in [1.807, 2.05) is 25.1 Å². The molecule has 0 bridgehead atoms. The maximum atomic E-state index is 12.3. The Morgan fingerprint density at radius 2 is 2.09 bits per heavy atom. The number of nitrogens with one attached hydrogen (secondary N) is 1. The summed E-state index contributed by atoms with van der Waals surface area (Å²) in [5.41, 5.74) is 1.36. The number of hydrogen-bond donors (Lipinski definition) is 1. The molecule has 1 aromatic heterocycles. The fraction of sp³-hybridized carbons (Fsp3) is 0.294. The van der Waals surface area contributed by atoms with E-state index in [4.69, 9.17) is 4.42 Å². The third-order valence-corrected chi connectivity index (χ3v) is 3.75. The van der Waals surface area contributed by atoms with Crippen molar-refractivity contribution < 1.29 is 14.0 Å². The molecule has 2 heterocycles. The molecule has 1 aromatic carbocycles. The molecule has 3 rings (SSSR count). The third kappa shape index (κ3) is 2.74. The number of para-hydroxylation sites is 2. The van der Waals surface area contributed by atoms with Gasteiger partial charge < -0.3 is 14.6 Å². The van der Waals surface area contributed by atoms with Gasteiger partial charge in [0.1, 0.15) is 5.76 Å². The molecular formula is C17H18N2O3. The Kier molecular flexibility index (Phi) is 3.96. The molecule has 0 unspecified atom stereocenters. The molecule has 1 aliphatic heterocycles. The molecule has 0 saturated carbocycles. The van der Waals surface area contributed by atoms with E-state index in [1.165, 1.54) is 0 Å². The van der Waals surface area contributed by atoms with Gasteiger partial charge in [0.2, 0.25) is 5.91 Å². The summed E-state index contributed by atoms with van der Waals surface area (Å²) in [7, 11) is 0. The largest absolute Gasteiger partial charge is 0.456 e. The van der Waals surface area contributed by atoms with E-state index in [0.29, 0.717) is 18.7 Å². The first kappa shape index (κ1) is 14.4. The van der Waals surface area contributed by atoms with Crippen molar-refractivity contribution in [3.05, 3.63) is 47.9 Å². The Morgan fingerprint density at radius 1 is 1.27 bits per heavy atom. The number of furan rings is 1. The van der Waals surface area contributed by atoms with Crippen LogP contribution >= 0.6 is 0 Å². The summed E-state index contributed by atoms with van der Waals surface area (Å²) in [4.78, 5) is 25.9. The minimum atomic E-state index is -0.307. The van der Waals surface area contributed by atoms with E-state index in [-0.39, 0.29) is 17.6 Å². The van der Waals surface area contributed by atoms with Crippen LogP contribution in [0.25, 0.3) is 0 Å². The molecule has 0 spiro atoms. The van der Waals surface area contributed by atoms with Crippen LogP contribution in [0.4, 0.5) is 11.4 Å². The number of benzene rings is 1. The topological polar surface area (TPSA) is 62.6 Å². The number of anilines is 2. The van der Waals surface area contributed by atoms with Crippen LogP contribution in [0.5, 0.6) is 0 Å². The van der Waals surface area contributed by atoms with E-state index in [1.54, 1.807) is 23.1 Å². The SMILES string of the molecule is CCc1ccc(C(=O)Nc2ccccc2N2CCCC2=O)o1. The molecule has 1 aliphatic rings. The van der Waals surface area contributed by atoms with Crippen molar-refractivity contribution in [1.29, 1.82) is 0 Å². The number of rotatable bonds is 4. The molecule has 5 nitrogen and oxygen atoms in total. The highest BCUT2D eigenvalue weighted by molar-refractivity contribution is 6.06. The molecule has 22 heavy (non-hydrogen) atoms. The van der Waals surface area contributed by atoms with Crippen molar-refractivity contribution in [1.82, 2.24) is 0 Å². The predicted molar refractivity (Wildman–Crippen MR) is 84.1 cm³/mol. The molecule has 5 heteroatoms. The Labute approximate surface area is 128 Å². The predicted octanol–water partition coefficient (Wildman–Crippen LogP) is 3.22. The molecular weight excluding hydrogens is 280 g/mol. The maximum Gasteiger partial charge on any atom is 0.291 e. The highest BCUT2D eigenvalue weighted by atomic mass is 16.3. The number of carbonyl (C=O) groups is 2. The first-order chi connectivity index (χ1) is 10.7. The second-order valence-electron chi connectivity index (χ2n) is 5.24. The van der Waals surface area contributed by atoms with Gasteiger partial charge in [0, 0.05) is 19.4 Å². The van der Waals surface area contributed by atoms with Gasteiger partial charge in [-0.1, -0.05) is 19.1 Å². The molecule has 0 atom stereocenters. The summed E-state index contributed by atoms with van der Waals surface area (Å²) in [5.74, 6) is 0.833. The fourth-order valence-corrected chi connectivity index (χ4v) is 2.59. The molecule has 114 valence electrons. The van der Waals surface area contributed by atoms with Crippen LogP contribution in [0.1, 0.15) is 36.1 Å². The zero-order valence-corrected chi connectivity index (χ0v) is 12.5. The van der Waals surface area contributed by atoms with Gasteiger partial charge in [0.15, 0.2) is 5.76 Å². The molecule has 0 aliphatic carbocycles. The lowest BCUT2D eigenvalue weighted by atomic mass is 10.2. The smallest absolute Gasteiger partial charge is 0.291 e. The van der Waals surface area contributed by atoms with Crippen molar-refractivity contribution in [2.75, 3.05) is 16.8 Å². The zero-order valence-electron chi connectivity index (χ0n) is 12.5.